The van der Waals surface area contributed by atoms with Crippen LogP contribution < -0.4 is 0 Å². The van der Waals surface area contributed by atoms with E-state index in [0.29, 0.717) is 13.1 Å². The molecule has 1 fully saturated rings. The molecule has 0 aromatic carbocycles. The Morgan fingerprint density at radius 2 is 2.24 bits per heavy atom. The molecular weight excluding hydrogens is 306 g/mol. The molecule has 21 heavy (non-hydrogen) atoms. The largest absolute Gasteiger partial charge is 0.336 e. The zero-order valence-corrected chi connectivity index (χ0v) is 13.5. The molecule has 0 radical (unpaired) electrons. The standard InChI is InChI=1S/C14H15N3O2S2/c1-4-12(18)16(3)9-6-17(7-9)14(19)11-5-10-8(2)21-15-13(10)20-11/h4-5,9H,1,6-7H2,2-3H3. The first-order valence-electron chi connectivity index (χ1n) is 6.55. The van der Waals surface area contributed by atoms with E-state index in [4.69, 9.17) is 0 Å². The highest BCUT2D eigenvalue weighted by Gasteiger charge is 2.35. The highest BCUT2D eigenvalue weighted by Crippen LogP contribution is 2.31. The van der Waals surface area contributed by atoms with E-state index in [1.54, 1.807) is 16.8 Å². The lowest BCUT2D eigenvalue weighted by Gasteiger charge is -2.43. The summed E-state index contributed by atoms with van der Waals surface area (Å²) in [6.45, 7) is 6.64. The second kappa shape index (κ2) is 5.23. The van der Waals surface area contributed by atoms with Crippen LogP contribution in [-0.4, -0.2) is 52.2 Å². The summed E-state index contributed by atoms with van der Waals surface area (Å²) < 4.78 is 4.33. The van der Waals surface area contributed by atoms with Gasteiger partial charge >= 0.3 is 0 Å². The monoisotopic (exact) mass is 321 g/mol. The number of hydrogen-bond acceptors (Lipinski definition) is 5. The normalized spacial score (nSPS) is 15.0. The van der Waals surface area contributed by atoms with E-state index in [1.807, 2.05) is 13.0 Å². The van der Waals surface area contributed by atoms with Crippen molar-refractivity contribution in [2.45, 2.75) is 13.0 Å². The first-order chi connectivity index (χ1) is 10.0. The number of aromatic nitrogens is 1. The molecule has 0 N–H and O–H groups in total. The van der Waals surface area contributed by atoms with Crippen molar-refractivity contribution in [2.24, 2.45) is 0 Å². The van der Waals surface area contributed by atoms with Gasteiger partial charge in [0.2, 0.25) is 5.91 Å². The average Bonchev–Trinajstić information content (AvgIpc) is 2.98. The van der Waals surface area contributed by atoms with E-state index in [1.165, 1.54) is 28.9 Å². The van der Waals surface area contributed by atoms with Gasteiger partial charge in [-0.05, 0) is 30.6 Å². The quantitative estimate of drug-likeness (QED) is 0.814. The van der Waals surface area contributed by atoms with E-state index in [0.717, 1.165) is 20.0 Å². The number of likely N-dealkylation sites (tertiary alicyclic amines) is 1. The highest BCUT2D eigenvalue weighted by atomic mass is 32.1. The van der Waals surface area contributed by atoms with Crippen LogP contribution in [0.4, 0.5) is 0 Å². The van der Waals surface area contributed by atoms with Crippen LogP contribution in [0, 0.1) is 6.92 Å². The van der Waals surface area contributed by atoms with E-state index < -0.39 is 0 Å². The molecule has 0 unspecified atom stereocenters. The molecule has 0 saturated carbocycles. The lowest BCUT2D eigenvalue weighted by molar-refractivity contribution is -0.129. The van der Waals surface area contributed by atoms with Crippen LogP contribution in [-0.2, 0) is 4.79 Å². The molecule has 0 atom stereocenters. The number of aryl methyl sites for hydroxylation is 1. The van der Waals surface area contributed by atoms with Gasteiger partial charge in [0.05, 0.1) is 10.9 Å². The molecule has 0 spiro atoms. The number of amides is 2. The molecule has 0 aliphatic carbocycles. The van der Waals surface area contributed by atoms with Crippen LogP contribution in [0.25, 0.3) is 10.2 Å². The predicted molar refractivity (Wildman–Crippen MR) is 84.9 cm³/mol. The number of thiophene rings is 1. The van der Waals surface area contributed by atoms with Gasteiger partial charge in [0, 0.05) is 30.4 Å². The summed E-state index contributed by atoms with van der Waals surface area (Å²) in [6.07, 6.45) is 1.30. The Balaban J connectivity index is 1.68. The molecule has 5 nitrogen and oxygen atoms in total. The number of rotatable bonds is 3. The summed E-state index contributed by atoms with van der Waals surface area (Å²) in [5.41, 5.74) is 0. The van der Waals surface area contributed by atoms with Crippen molar-refractivity contribution in [2.75, 3.05) is 20.1 Å². The van der Waals surface area contributed by atoms with E-state index >= 15 is 0 Å². The number of carbonyl (C=O) groups is 2. The molecule has 2 amide bonds. The minimum atomic E-state index is -0.108. The van der Waals surface area contributed by atoms with Gasteiger partial charge < -0.3 is 9.80 Å². The van der Waals surface area contributed by atoms with Crippen LogP contribution in [0.3, 0.4) is 0 Å². The Kier molecular flexibility index (Phi) is 3.54. The van der Waals surface area contributed by atoms with Crippen molar-refractivity contribution < 1.29 is 9.59 Å². The zero-order valence-electron chi connectivity index (χ0n) is 11.8. The lowest BCUT2D eigenvalue weighted by Crippen LogP contribution is -2.61. The van der Waals surface area contributed by atoms with Gasteiger partial charge in [-0.1, -0.05) is 6.58 Å². The maximum absolute atomic E-state index is 12.4. The van der Waals surface area contributed by atoms with Crippen LogP contribution in [0.1, 0.15) is 14.5 Å². The fourth-order valence-corrected chi connectivity index (χ4v) is 4.13. The molecule has 2 aromatic heterocycles. The summed E-state index contributed by atoms with van der Waals surface area (Å²) in [7, 11) is 1.74. The smallest absolute Gasteiger partial charge is 0.264 e. The first-order valence-corrected chi connectivity index (χ1v) is 8.14. The van der Waals surface area contributed by atoms with Gasteiger partial charge in [0.1, 0.15) is 4.83 Å². The average molecular weight is 321 g/mol. The van der Waals surface area contributed by atoms with Gasteiger partial charge in [-0.15, -0.1) is 11.3 Å². The molecule has 3 rings (SSSR count). The minimum Gasteiger partial charge on any atom is -0.336 e. The Bertz CT molecular complexity index is 728. The molecule has 1 saturated heterocycles. The molecule has 1 aliphatic rings. The van der Waals surface area contributed by atoms with Crippen molar-refractivity contribution in [3.8, 4) is 0 Å². The van der Waals surface area contributed by atoms with Crippen molar-refractivity contribution in [1.29, 1.82) is 0 Å². The van der Waals surface area contributed by atoms with Gasteiger partial charge in [0.25, 0.3) is 5.91 Å². The van der Waals surface area contributed by atoms with E-state index in [-0.39, 0.29) is 17.9 Å². The van der Waals surface area contributed by atoms with Gasteiger partial charge in [0.15, 0.2) is 0 Å². The Morgan fingerprint density at radius 1 is 1.52 bits per heavy atom. The van der Waals surface area contributed by atoms with Crippen molar-refractivity contribution in [3.63, 3.8) is 0 Å². The van der Waals surface area contributed by atoms with Crippen LogP contribution in [0.15, 0.2) is 18.7 Å². The van der Waals surface area contributed by atoms with Crippen LogP contribution in [0.5, 0.6) is 0 Å². The topological polar surface area (TPSA) is 53.5 Å². The number of likely N-dealkylation sites (N-methyl/N-ethyl adjacent to an activating group) is 1. The third kappa shape index (κ3) is 2.36. The second-order valence-electron chi connectivity index (χ2n) is 5.09. The fourth-order valence-electron chi connectivity index (χ4n) is 2.31. The molecule has 2 aromatic rings. The zero-order chi connectivity index (χ0) is 15.1. The lowest BCUT2D eigenvalue weighted by atomic mass is 10.1. The van der Waals surface area contributed by atoms with Gasteiger partial charge in [-0.3, -0.25) is 9.59 Å². The predicted octanol–water partition coefficient (Wildman–Crippen LogP) is 2.14. The molecule has 7 heteroatoms. The van der Waals surface area contributed by atoms with Crippen molar-refractivity contribution >= 4 is 44.9 Å². The molecule has 0 bridgehead atoms. The van der Waals surface area contributed by atoms with E-state index in [9.17, 15) is 9.59 Å². The molecule has 110 valence electrons. The van der Waals surface area contributed by atoms with Crippen LogP contribution >= 0.6 is 22.9 Å². The third-order valence-corrected chi connectivity index (χ3v) is 5.69. The Hall–Kier alpha value is -1.73. The number of nitrogens with zero attached hydrogens (tertiary/aromatic N) is 3. The molecule has 1 aliphatic heterocycles. The first kappa shape index (κ1) is 14.2. The summed E-state index contributed by atoms with van der Waals surface area (Å²) in [6, 6.07) is 2.01. The molecule has 3 heterocycles. The minimum absolute atomic E-state index is 0.0260. The summed E-state index contributed by atoms with van der Waals surface area (Å²) in [4.78, 5) is 30.1. The van der Waals surface area contributed by atoms with Gasteiger partial charge in [-0.25, -0.2) is 0 Å². The summed E-state index contributed by atoms with van der Waals surface area (Å²) in [5, 5.41) is 1.07. The summed E-state index contributed by atoms with van der Waals surface area (Å²) in [5.74, 6) is -0.0821. The Morgan fingerprint density at radius 3 is 2.86 bits per heavy atom. The van der Waals surface area contributed by atoms with Gasteiger partial charge in [-0.2, -0.15) is 4.37 Å². The number of carbonyl (C=O) groups excluding carboxylic acids is 2. The number of hydrogen-bond donors (Lipinski definition) is 0. The summed E-state index contributed by atoms with van der Waals surface area (Å²) >= 11 is 2.90. The fraction of sp³-hybridized carbons (Fsp3) is 0.357. The van der Waals surface area contributed by atoms with E-state index in [2.05, 4.69) is 11.0 Å². The number of fused-ring (bicyclic) bond motifs is 1. The third-order valence-electron chi connectivity index (χ3n) is 3.79. The van der Waals surface area contributed by atoms with Crippen molar-refractivity contribution in [3.05, 3.63) is 28.5 Å². The second-order valence-corrected chi connectivity index (χ2v) is 7.09. The maximum Gasteiger partial charge on any atom is 0.264 e. The Labute approximate surface area is 130 Å². The maximum atomic E-state index is 12.4. The van der Waals surface area contributed by atoms with Crippen LogP contribution in [0.2, 0.25) is 0 Å². The van der Waals surface area contributed by atoms with Crippen molar-refractivity contribution in [1.82, 2.24) is 14.2 Å². The SMILES string of the molecule is C=CC(=O)N(C)C1CN(C(=O)c2cc3c(C)snc3s2)C1. The molecular formula is C14H15N3O2S2. The highest BCUT2D eigenvalue weighted by molar-refractivity contribution is 7.22.